The van der Waals surface area contributed by atoms with E-state index >= 15 is 0 Å². The minimum atomic E-state index is -4.49. The molecule has 18 heavy (non-hydrogen) atoms. The lowest BCUT2D eigenvalue weighted by Crippen LogP contribution is -2.07. The van der Waals surface area contributed by atoms with Gasteiger partial charge < -0.3 is 5.11 Å². The molecule has 0 bridgehead atoms. The predicted molar refractivity (Wildman–Crippen MR) is 57.9 cm³/mol. The molecule has 1 N–H and O–H groups in total. The SMILES string of the molecule is O=S1(=O)CC(CCO)c2cc(C(F)(F)F)ccc21. The minimum Gasteiger partial charge on any atom is -0.396 e. The summed E-state index contributed by atoms with van der Waals surface area (Å²) in [6, 6.07) is 2.66. The molecule has 0 aliphatic carbocycles. The molecule has 1 aromatic rings. The van der Waals surface area contributed by atoms with E-state index in [2.05, 4.69) is 0 Å². The predicted octanol–water partition coefficient (Wildman–Crippen LogP) is 1.96. The van der Waals surface area contributed by atoms with Gasteiger partial charge in [-0.3, -0.25) is 0 Å². The fourth-order valence-electron chi connectivity index (χ4n) is 2.17. The molecule has 0 spiro atoms. The van der Waals surface area contributed by atoms with Crippen LogP contribution in [-0.2, 0) is 16.0 Å². The normalized spacial score (nSPS) is 21.9. The van der Waals surface area contributed by atoms with Gasteiger partial charge in [0.1, 0.15) is 0 Å². The standard InChI is InChI=1S/C11H11F3O3S/c12-11(13,14)8-1-2-10-9(5-8)7(3-4-15)6-18(10,16)17/h1-2,5,7,15H,3-4,6H2. The van der Waals surface area contributed by atoms with E-state index in [1.807, 2.05) is 0 Å². The maximum atomic E-state index is 12.6. The van der Waals surface area contributed by atoms with E-state index in [9.17, 15) is 21.6 Å². The summed E-state index contributed by atoms with van der Waals surface area (Å²) in [6.45, 7) is -0.254. The first-order valence-electron chi connectivity index (χ1n) is 5.30. The molecule has 0 saturated carbocycles. The zero-order valence-electron chi connectivity index (χ0n) is 9.24. The van der Waals surface area contributed by atoms with Crippen LogP contribution in [0.25, 0.3) is 0 Å². The Balaban J connectivity index is 2.54. The molecule has 1 heterocycles. The molecule has 1 aliphatic heterocycles. The average Bonchev–Trinajstić information content (AvgIpc) is 2.50. The van der Waals surface area contributed by atoms with E-state index in [0.29, 0.717) is 0 Å². The molecule has 2 rings (SSSR count). The minimum absolute atomic E-state index is 0.0473. The lowest BCUT2D eigenvalue weighted by atomic mass is 9.96. The number of fused-ring (bicyclic) bond motifs is 1. The molecule has 1 atom stereocenters. The van der Waals surface area contributed by atoms with Crippen LogP contribution in [0, 0.1) is 0 Å². The first-order valence-corrected chi connectivity index (χ1v) is 6.95. The number of alkyl halides is 3. The molecule has 0 fully saturated rings. The number of aliphatic hydroxyl groups is 1. The monoisotopic (exact) mass is 280 g/mol. The summed E-state index contributed by atoms with van der Waals surface area (Å²) in [6.07, 6.45) is -4.35. The maximum Gasteiger partial charge on any atom is 0.416 e. The van der Waals surface area contributed by atoms with Crippen LogP contribution in [0.15, 0.2) is 23.1 Å². The van der Waals surface area contributed by atoms with E-state index in [-0.39, 0.29) is 29.2 Å². The largest absolute Gasteiger partial charge is 0.416 e. The molecule has 3 nitrogen and oxygen atoms in total. The van der Waals surface area contributed by atoms with E-state index in [0.717, 1.165) is 18.2 Å². The number of benzene rings is 1. The van der Waals surface area contributed by atoms with Crippen LogP contribution in [0.1, 0.15) is 23.5 Å². The van der Waals surface area contributed by atoms with Crippen LogP contribution in [0.5, 0.6) is 0 Å². The first-order chi connectivity index (χ1) is 8.25. The summed E-state index contributed by atoms with van der Waals surface area (Å²) in [7, 11) is -3.52. The van der Waals surface area contributed by atoms with Gasteiger partial charge in [0.05, 0.1) is 16.2 Å². The molecule has 100 valence electrons. The van der Waals surface area contributed by atoms with Gasteiger partial charge in [0.2, 0.25) is 0 Å². The second kappa shape index (κ2) is 4.24. The van der Waals surface area contributed by atoms with Gasteiger partial charge in [-0.2, -0.15) is 13.2 Å². The van der Waals surface area contributed by atoms with Crippen LogP contribution in [0.4, 0.5) is 13.2 Å². The Labute approximate surface area is 102 Å². The van der Waals surface area contributed by atoms with Gasteiger partial charge in [0.15, 0.2) is 9.84 Å². The van der Waals surface area contributed by atoms with Crippen molar-refractivity contribution in [1.82, 2.24) is 0 Å². The van der Waals surface area contributed by atoms with Gasteiger partial charge in [0, 0.05) is 12.5 Å². The zero-order valence-corrected chi connectivity index (χ0v) is 10.1. The van der Waals surface area contributed by atoms with Crippen molar-refractivity contribution < 1.29 is 26.7 Å². The fraction of sp³-hybridized carbons (Fsp3) is 0.455. The Hall–Kier alpha value is -1.08. The Kier molecular flexibility index (Phi) is 3.14. The molecule has 0 saturated heterocycles. The van der Waals surface area contributed by atoms with Crippen LogP contribution in [0.2, 0.25) is 0 Å². The van der Waals surface area contributed by atoms with Crippen LogP contribution < -0.4 is 0 Å². The molecule has 1 unspecified atom stereocenters. The third-order valence-corrected chi connectivity index (χ3v) is 4.89. The third-order valence-electron chi connectivity index (χ3n) is 3.01. The Morgan fingerprint density at radius 2 is 2.00 bits per heavy atom. The van der Waals surface area contributed by atoms with Crippen molar-refractivity contribution in [3.05, 3.63) is 29.3 Å². The number of halogens is 3. The van der Waals surface area contributed by atoms with Crippen molar-refractivity contribution in [2.24, 2.45) is 0 Å². The number of hydrogen-bond donors (Lipinski definition) is 1. The highest BCUT2D eigenvalue weighted by Gasteiger charge is 2.38. The first kappa shape index (κ1) is 13.4. The van der Waals surface area contributed by atoms with Gasteiger partial charge in [-0.1, -0.05) is 0 Å². The third kappa shape index (κ3) is 2.24. The van der Waals surface area contributed by atoms with E-state index in [4.69, 9.17) is 5.11 Å². The van der Waals surface area contributed by atoms with Crippen LogP contribution in [-0.4, -0.2) is 25.9 Å². The summed E-state index contributed by atoms with van der Waals surface area (Å²) in [4.78, 5) is -0.0473. The van der Waals surface area contributed by atoms with Gasteiger partial charge in [0.25, 0.3) is 0 Å². The molecule has 0 aromatic heterocycles. The Bertz CT molecular complexity index is 563. The van der Waals surface area contributed by atoms with Gasteiger partial charge >= 0.3 is 6.18 Å². The Morgan fingerprint density at radius 3 is 2.56 bits per heavy atom. The number of hydrogen-bond acceptors (Lipinski definition) is 3. The molecular formula is C11H11F3O3S. The fourth-order valence-corrected chi connectivity index (χ4v) is 4.08. The second-order valence-electron chi connectivity index (χ2n) is 4.24. The quantitative estimate of drug-likeness (QED) is 0.901. The Morgan fingerprint density at radius 1 is 1.33 bits per heavy atom. The van der Waals surface area contributed by atoms with E-state index < -0.39 is 27.5 Å². The average molecular weight is 280 g/mol. The molecule has 0 radical (unpaired) electrons. The number of aliphatic hydroxyl groups excluding tert-OH is 1. The second-order valence-corrected chi connectivity index (χ2v) is 6.24. The molecule has 7 heteroatoms. The summed E-state index contributed by atoms with van der Waals surface area (Å²) in [5.41, 5.74) is -0.694. The maximum absolute atomic E-state index is 12.6. The zero-order chi connectivity index (χ0) is 13.6. The van der Waals surface area contributed by atoms with Gasteiger partial charge in [-0.15, -0.1) is 0 Å². The summed E-state index contributed by atoms with van der Waals surface area (Å²) < 4.78 is 61.2. The summed E-state index contributed by atoms with van der Waals surface area (Å²) >= 11 is 0. The van der Waals surface area contributed by atoms with Crippen LogP contribution in [0.3, 0.4) is 0 Å². The van der Waals surface area contributed by atoms with Crippen molar-refractivity contribution in [3.8, 4) is 0 Å². The highest BCUT2D eigenvalue weighted by Crippen LogP contribution is 2.40. The highest BCUT2D eigenvalue weighted by atomic mass is 32.2. The van der Waals surface area contributed by atoms with E-state index in [1.165, 1.54) is 0 Å². The van der Waals surface area contributed by atoms with Crippen molar-refractivity contribution in [3.63, 3.8) is 0 Å². The lowest BCUT2D eigenvalue weighted by molar-refractivity contribution is -0.137. The van der Waals surface area contributed by atoms with Gasteiger partial charge in [-0.25, -0.2) is 8.42 Å². The summed E-state index contributed by atoms with van der Waals surface area (Å²) in [5, 5.41) is 8.83. The molecule has 1 aliphatic rings. The number of sulfone groups is 1. The molecular weight excluding hydrogens is 269 g/mol. The molecule has 0 amide bonds. The van der Waals surface area contributed by atoms with Crippen molar-refractivity contribution >= 4 is 9.84 Å². The topological polar surface area (TPSA) is 54.4 Å². The van der Waals surface area contributed by atoms with Gasteiger partial charge in [-0.05, 0) is 30.2 Å². The van der Waals surface area contributed by atoms with E-state index in [1.54, 1.807) is 0 Å². The van der Waals surface area contributed by atoms with Crippen molar-refractivity contribution in [1.29, 1.82) is 0 Å². The van der Waals surface area contributed by atoms with Crippen LogP contribution >= 0.6 is 0 Å². The summed E-state index contributed by atoms with van der Waals surface area (Å²) in [5.74, 6) is -0.790. The smallest absolute Gasteiger partial charge is 0.396 e. The highest BCUT2D eigenvalue weighted by molar-refractivity contribution is 7.91. The van der Waals surface area contributed by atoms with Crippen molar-refractivity contribution in [2.75, 3.05) is 12.4 Å². The number of rotatable bonds is 2. The molecule has 1 aromatic carbocycles. The lowest BCUT2D eigenvalue weighted by Gasteiger charge is -2.11. The van der Waals surface area contributed by atoms with Crippen molar-refractivity contribution in [2.45, 2.75) is 23.4 Å².